The van der Waals surface area contributed by atoms with Gasteiger partial charge in [0.25, 0.3) is 0 Å². The Morgan fingerprint density at radius 3 is 3.14 bits per heavy atom. The van der Waals surface area contributed by atoms with Gasteiger partial charge in [-0.2, -0.15) is 0 Å². The van der Waals surface area contributed by atoms with Gasteiger partial charge in [-0.25, -0.2) is 0 Å². The maximum Gasteiger partial charge on any atom is 0.0571 e. The van der Waals surface area contributed by atoms with Crippen molar-refractivity contribution in [3.05, 3.63) is 41.8 Å². The molecule has 0 aromatic heterocycles. The van der Waals surface area contributed by atoms with Crippen molar-refractivity contribution in [2.24, 2.45) is 4.99 Å². The van der Waals surface area contributed by atoms with Crippen molar-refractivity contribution in [3.63, 3.8) is 0 Å². The van der Waals surface area contributed by atoms with Crippen LogP contribution in [0.2, 0.25) is 0 Å². The van der Waals surface area contributed by atoms with Gasteiger partial charge in [-0.05, 0) is 30.4 Å². The first kappa shape index (κ1) is 8.22. The van der Waals surface area contributed by atoms with Crippen LogP contribution in [-0.4, -0.2) is 12.3 Å². The SMILES string of the molecule is [CH]1CCCC2N=Cc3ccccc3C12. The zero-order valence-corrected chi connectivity index (χ0v) is 8.19. The monoisotopic (exact) mass is 184 g/mol. The van der Waals surface area contributed by atoms with E-state index >= 15 is 0 Å². The van der Waals surface area contributed by atoms with E-state index in [2.05, 4.69) is 41.9 Å². The Labute approximate surface area is 84.9 Å². The molecule has 0 saturated heterocycles. The average Bonchev–Trinajstić information content (AvgIpc) is 2.29. The van der Waals surface area contributed by atoms with Crippen LogP contribution in [-0.2, 0) is 0 Å². The van der Waals surface area contributed by atoms with Crippen LogP contribution in [0.1, 0.15) is 36.3 Å². The lowest BCUT2D eigenvalue weighted by Crippen LogP contribution is -2.25. The molecule has 71 valence electrons. The molecule has 0 bridgehead atoms. The Balaban J connectivity index is 2.05. The highest BCUT2D eigenvalue weighted by atomic mass is 14.8. The van der Waals surface area contributed by atoms with E-state index in [-0.39, 0.29) is 0 Å². The third kappa shape index (κ3) is 1.19. The van der Waals surface area contributed by atoms with Crippen molar-refractivity contribution in [1.29, 1.82) is 0 Å². The van der Waals surface area contributed by atoms with Crippen molar-refractivity contribution < 1.29 is 0 Å². The molecule has 1 heterocycles. The van der Waals surface area contributed by atoms with Gasteiger partial charge in [0.15, 0.2) is 0 Å². The van der Waals surface area contributed by atoms with Crippen LogP contribution < -0.4 is 0 Å². The van der Waals surface area contributed by atoms with Gasteiger partial charge in [0.2, 0.25) is 0 Å². The van der Waals surface area contributed by atoms with Gasteiger partial charge in [0, 0.05) is 12.1 Å². The summed E-state index contributed by atoms with van der Waals surface area (Å²) in [6.07, 6.45) is 8.32. The molecule has 1 saturated carbocycles. The molecule has 1 nitrogen and oxygen atoms in total. The number of benzene rings is 1. The number of hydrogen-bond acceptors (Lipinski definition) is 1. The van der Waals surface area contributed by atoms with E-state index in [4.69, 9.17) is 0 Å². The first-order valence-electron chi connectivity index (χ1n) is 5.40. The molecule has 0 N–H and O–H groups in total. The predicted octanol–water partition coefficient (Wildman–Crippen LogP) is 2.96. The molecular weight excluding hydrogens is 170 g/mol. The van der Waals surface area contributed by atoms with E-state index < -0.39 is 0 Å². The highest BCUT2D eigenvalue weighted by Crippen LogP contribution is 2.37. The first-order valence-corrected chi connectivity index (χ1v) is 5.40. The van der Waals surface area contributed by atoms with Crippen molar-refractivity contribution in [2.75, 3.05) is 0 Å². The molecule has 1 aromatic carbocycles. The molecular formula is C13H14N. The minimum Gasteiger partial charge on any atom is -0.289 e. The molecule has 1 aliphatic heterocycles. The van der Waals surface area contributed by atoms with Gasteiger partial charge in [-0.3, -0.25) is 4.99 Å². The zero-order chi connectivity index (χ0) is 9.38. The molecule has 2 aliphatic rings. The Kier molecular flexibility index (Phi) is 1.90. The molecule has 1 aliphatic carbocycles. The second kappa shape index (κ2) is 3.23. The smallest absolute Gasteiger partial charge is 0.0571 e. The fraction of sp³-hybridized carbons (Fsp3) is 0.385. The molecule has 2 atom stereocenters. The third-order valence-electron chi connectivity index (χ3n) is 3.30. The van der Waals surface area contributed by atoms with E-state index in [1.54, 1.807) is 0 Å². The summed E-state index contributed by atoms with van der Waals surface area (Å²) in [4.78, 5) is 4.64. The number of fused-ring (bicyclic) bond motifs is 3. The van der Waals surface area contributed by atoms with Gasteiger partial charge < -0.3 is 0 Å². The zero-order valence-electron chi connectivity index (χ0n) is 8.19. The van der Waals surface area contributed by atoms with Gasteiger partial charge in [-0.15, -0.1) is 0 Å². The van der Waals surface area contributed by atoms with Gasteiger partial charge in [0.1, 0.15) is 0 Å². The summed E-state index contributed by atoms with van der Waals surface area (Å²) in [6, 6.07) is 9.17. The molecule has 1 aromatic rings. The van der Waals surface area contributed by atoms with Crippen molar-refractivity contribution in [1.82, 2.24) is 0 Å². The number of hydrogen-bond donors (Lipinski definition) is 0. The highest BCUT2D eigenvalue weighted by molar-refractivity contribution is 5.83. The first-order chi connectivity index (χ1) is 6.95. The molecule has 1 fully saturated rings. The molecule has 1 radical (unpaired) electrons. The van der Waals surface area contributed by atoms with Crippen LogP contribution in [0.25, 0.3) is 0 Å². The summed E-state index contributed by atoms with van der Waals surface area (Å²) in [5.74, 6) is 0.588. The summed E-state index contributed by atoms with van der Waals surface area (Å²) in [5, 5.41) is 0. The minimum atomic E-state index is 0.527. The standard InChI is InChI=1S/C13H14N/c1-2-6-11-10(5-1)9-14-13-8-4-3-7-12(11)13/h1-2,5-7,9,12-13H,3-4,8H2. The van der Waals surface area contributed by atoms with Gasteiger partial charge in [-0.1, -0.05) is 30.7 Å². The largest absolute Gasteiger partial charge is 0.289 e. The maximum atomic E-state index is 4.64. The average molecular weight is 184 g/mol. The van der Waals surface area contributed by atoms with Crippen LogP contribution in [0.15, 0.2) is 29.3 Å². The predicted molar refractivity (Wildman–Crippen MR) is 58.7 cm³/mol. The molecule has 14 heavy (non-hydrogen) atoms. The normalized spacial score (nSPS) is 29.4. The van der Waals surface area contributed by atoms with E-state index in [9.17, 15) is 0 Å². The van der Waals surface area contributed by atoms with E-state index in [1.165, 1.54) is 30.4 Å². The lowest BCUT2D eigenvalue weighted by Gasteiger charge is -2.32. The molecule has 2 unspecified atom stereocenters. The van der Waals surface area contributed by atoms with Crippen molar-refractivity contribution >= 4 is 6.21 Å². The van der Waals surface area contributed by atoms with Gasteiger partial charge in [0.05, 0.1) is 6.04 Å². The summed E-state index contributed by atoms with van der Waals surface area (Å²) in [5.41, 5.74) is 2.79. The Morgan fingerprint density at radius 2 is 2.14 bits per heavy atom. The molecule has 1 heteroatoms. The van der Waals surface area contributed by atoms with Crippen molar-refractivity contribution in [3.8, 4) is 0 Å². The van der Waals surface area contributed by atoms with E-state index in [0.29, 0.717) is 12.0 Å². The molecule has 3 rings (SSSR count). The van der Waals surface area contributed by atoms with Crippen molar-refractivity contribution in [2.45, 2.75) is 31.2 Å². The quantitative estimate of drug-likeness (QED) is 0.588. The lowest BCUT2D eigenvalue weighted by molar-refractivity contribution is 0.457. The number of rotatable bonds is 0. The lowest BCUT2D eigenvalue weighted by atomic mass is 9.77. The summed E-state index contributed by atoms with van der Waals surface area (Å²) in [7, 11) is 0. The Hall–Kier alpha value is -1.11. The van der Waals surface area contributed by atoms with E-state index in [1.807, 2.05) is 0 Å². The van der Waals surface area contributed by atoms with Crippen LogP contribution in [0.4, 0.5) is 0 Å². The Morgan fingerprint density at radius 1 is 1.21 bits per heavy atom. The molecule has 0 spiro atoms. The van der Waals surface area contributed by atoms with Crippen LogP contribution in [0, 0.1) is 6.42 Å². The minimum absolute atomic E-state index is 0.527. The van der Waals surface area contributed by atoms with Gasteiger partial charge >= 0.3 is 0 Å². The van der Waals surface area contributed by atoms with Crippen LogP contribution in [0.5, 0.6) is 0 Å². The second-order valence-electron chi connectivity index (χ2n) is 4.17. The highest BCUT2D eigenvalue weighted by Gasteiger charge is 2.29. The van der Waals surface area contributed by atoms with Crippen LogP contribution in [0.3, 0.4) is 0 Å². The third-order valence-corrected chi connectivity index (χ3v) is 3.30. The summed E-state index contributed by atoms with van der Waals surface area (Å²) in [6.45, 7) is 0. The van der Waals surface area contributed by atoms with E-state index in [0.717, 1.165) is 0 Å². The second-order valence-corrected chi connectivity index (χ2v) is 4.17. The fourth-order valence-electron chi connectivity index (χ4n) is 2.57. The van der Waals surface area contributed by atoms with Crippen LogP contribution >= 0.6 is 0 Å². The summed E-state index contributed by atoms with van der Waals surface area (Å²) >= 11 is 0. The summed E-state index contributed by atoms with van der Waals surface area (Å²) < 4.78 is 0. The molecule has 0 amide bonds. The maximum absolute atomic E-state index is 4.64. The fourth-order valence-corrected chi connectivity index (χ4v) is 2.57. The Bertz CT molecular complexity index is 367. The number of aliphatic imine (C=N–C) groups is 1. The number of nitrogens with zero attached hydrogens (tertiary/aromatic N) is 1. The topological polar surface area (TPSA) is 12.4 Å².